The Morgan fingerprint density at radius 1 is 0.357 bits per heavy atom. The van der Waals surface area contributed by atoms with Crippen LogP contribution >= 0.6 is 12.4 Å². The second-order valence-electron chi connectivity index (χ2n) is 0. The molecule has 0 fully saturated rings. The fourth-order valence-electron chi connectivity index (χ4n) is 0. The van der Waals surface area contributed by atoms with Gasteiger partial charge in [0.05, 0.1) is 0 Å². The van der Waals surface area contributed by atoms with Crippen LogP contribution in [0.3, 0.4) is 0 Å². The summed E-state index contributed by atoms with van der Waals surface area (Å²) in [7, 11) is 0. The molecule has 0 heterocycles. The Kier molecular flexibility index (Phi) is 1390. The maximum absolute atomic E-state index is 6.25. The van der Waals surface area contributed by atoms with E-state index in [1.807, 2.05) is 0 Å². The van der Waals surface area contributed by atoms with E-state index in [2.05, 4.69) is 0 Å². The molecule has 0 aliphatic carbocycles. The SMILES string of the molecule is Cl.[C-]#N.[C-]#N.[C-]#N.[C-]#N.[C-]#N.[C-]#N.[Fe+6]. The molecule has 70 valence electrons. The van der Waals surface area contributed by atoms with Crippen molar-refractivity contribution >= 4 is 12.4 Å². The third kappa shape index (κ3) is 147. The monoisotopic (exact) mass is 248 g/mol. The molecule has 0 rings (SSSR count). The van der Waals surface area contributed by atoms with Gasteiger partial charge in [-0.2, -0.15) is 0 Å². The summed E-state index contributed by atoms with van der Waals surface area (Å²) in [5.74, 6) is 0. The maximum Gasteiger partial charge on any atom is 6.00 e. The van der Waals surface area contributed by atoms with Gasteiger partial charge in [0.1, 0.15) is 0 Å². The van der Waals surface area contributed by atoms with Gasteiger partial charge < -0.3 is 71.0 Å². The number of halogens is 1. The van der Waals surface area contributed by atoms with Crippen LogP contribution in [0.25, 0.3) is 0 Å². The van der Waals surface area contributed by atoms with Crippen molar-refractivity contribution in [3.8, 4) is 0 Å². The van der Waals surface area contributed by atoms with Gasteiger partial charge in [0, 0.05) is 0 Å². The molecule has 8 heteroatoms. The summed E-state index contributed by atoms with van der Waals surface area (Å²) in [5.41, 5.74) is 0. The minimum absolute atomic E-state index is 0. The molecule has 0 unspecified atom stereocenters. The minimum Gasteiger partial charge on any atom is -0.512 e. The van der Waals surface area contributed by atoms with Crippen molar-refractivity contribution < 1.29 is 17.1 Å². The van der Waals surface area contributed by atoms with Crippen LogP contribution in [0.4, 0.5) is 0 Å². The van der Waals surface area contributed by atoms with E-state index >= 15 is 0 Å². The predicted octanol–water partition coefficient (Wildman–Crippen LogP) is 0.998. The van der Waals surface area contributed by atoms with E-state index in [0.717, 1.165) is 0 Å². The molecule has 0 saturated carbocycles. The van der Waals surface area contributed by atoms with E-state index < -0.39 is 0 Å². The number of hydrogen-bond donors (Lipinski definition) is 0. The molecule has 0 spiro atoms. The minimum atomic E-state index is 0. The summed E-state index contributed by atoms with van der Waals surface area (Å²) in [5, 5.41) is 37.5. The van der Waals surface area contributed by atoms with E-state index in [9.17, 15) is 0 Å². The Hall–Kier alpha value is -2.25. The molecule has 14 heavy (non-hydrogen) atoms. The molecule has 6 nitrogen and oxygen atoms in total. The summed E-state index contributed by atoms with van der Waals surface area (Å²) in [6.45, 7) is 28.5. The standard InChI is InChI=1S/6CN.ClH.Fe/c6*1-2;;/h;;;;;;1H;/q6*-1;;+6. The van der Waals surface area contributed by atoms with E-state index in [4.69, 9.17) is 71.0 Å². The molecule has 0 aromatic carbocycles. The van der Waals surface area contributed by atoms with Gasteiger partial charge in [-0.15, -0.1) is 12.4 Å². The molecule has 0 N–H and O–H groups in total. The molecule has 0 atom stereocenters. The van der Waals surface area contributed by atoms with Gasteiger partial charge in [0.25, 0.3) is 0 Å². The zero-order chi connectivity index (χ0) is 12.0. The van der Waals surface area contributed by atoms with Gasteiger partial charge in [-0.3, -0.25) is 0 Å². The summed E-state index contributed by atoms with van der Waals surface area (Å²) < 4.78 is 0. The smallest absolute Gasteiger partial charge is 0.512 e. The van der Waals surface area contributed by atoms with Crippen LogP contribution in [0.15, 0.2) is 0 Å². The topological polar surface area (TPSA) is 143 Å². The molecule has 0 aromatic rings. The normalized spacial score (nSPS) is 0.857. The van der Waals surface area contributed by atoms with E-state index in [0.29, 0.717) is 0 Å². The van der Waals surface area contributed by atoms with Crippen LogP contribution in [0.5, 0.6) is 0 Å². The first-order chi connectivity index (χ1) is 6.00. The Bertz CT molecular complexity index is 97.3. The third-order valence-electron chi connectivity index (χ3n) is 0. The Balaban J connectivity index is -0.00000000500. The van der Waals surface area contributed by atoms with Crippen LogP contribution in [-0.4, -0.2) is 0 Å². The number of nitrogens with zero attached hydrogens (tertiary/aromatic N) is 6. The van der Waals surface area contributed by atoms with Crippen LogP contribution in [-0.2, 0) is 17.1 Å². The van der Waals surface area contributed by atoms with E-state index in [1.54, 1.807) is 0 Å². The quantitative estimate of drug-likeness (QED) is 0.462. The number of hydrogen-bond acceptors (Lipinski definition) is 6. The molecule has 0 bridgehead atoms. The molecular formula is C6HClFeN6. The summed E-state index contributed by atoms with van der Waals surface area (Å²) in [6, 6.07) is 0. The summed E-state index contributed by atoms with van der Waals surface area (Å²) >= 11 is 0. The van der Waals surface area contributed by atoms with Crippen molar-refractivity contribution in [3.05, 3.63) is 39.4 Å². The first-order valence-electron chi connectivity index (χ1n) is 1.34. The molecule has 0 aromatic heterocycles. The van der Waals surface area contributed by atoms with Gasteiger partial charge in [-0.1, -0.05) is 0 Å². The second-order valence-corrected chi connectivity index (χ2v) is 0. The molecule has 0 aliphatic heterocycles. The third-order valence-corrected chi connectivity index (χ3v) is 0. The summed E-state index contributed by atoms with van der Waals surface area (Å²) in [6.07, 6.45) is 0. The second kappa shape index (κ2) is 202. The van der Waals surface area contributed by atoms with Gasteiger partial charge in [0.2, 0.25) is 0 Å². The van der Waals surface area contributed by atoms with Crippen molar-refractivity contribution in [2.45, 2.75) is 0 Å². The Labute approximate surface area is 101 Å². The predicted molar refractivity (Wildman–Crippen MR) is 37.1 cm³/mol. The zero-order valence-corrected chi connectivity index (χ0v) is 8.37. The van der Waals surface area contributed by atoms with Crippen molar-refractivity contribution in [3.63, 3.8) is 0 Å². The van der Waals surface area contributed by atoms with Gasteiger partial charge in [-0.05, 0) is 0 Å². The van der Waals surface area contributed by atoms with Crippen molar-refractivity contribution in [1.82, 2.24) is 0 Å². The first-order valence-corrected chi connectivity index (χ1v) is 1.34. The Morgan fingerprint density at radius 2 is 0.357 bits per heavy atom. The van der Waals surface area contributed by atoms with E-state index in [1.165, 1.54) is 0 Å². The van der Waals surface area contributed by atoms with Gasteiger partial charge in [-0.25, -0.2) is 0 Å². The molecule has 0 radical (unpaired) electrons. The fourth-order valence-corrected chi connectivity index (χ4v) is 0. The largest absolute Gasteiger partial charge is 6.00 e. The molecular weight excluding hydrogens is 247 g/mol. The van der Waals surface area contributed by atoms with Crippen LogP contribution in [0, 0.1) is 71.0 Å². The van der Waals surface area contributed by atoms with E-state index in [-0.39, 0.29) is 29.5 Å². The van der Waals surface area contributed by atoms with Gasteiger partial charge in [0.15, 0.2) is 0 Å². The van der Waals surface area contributed by atoms with Crippen LogP contribution in [0.2, 0.25) is 0 Å². The average molecular weight is 248 g/mol. The fraction of sp³-hybridized carbons (Fsp3) is 0. The number of rotatable bonds is 0. The molecule has 0 aliphatic rings. The van der Waals surface area contributed by atoms with Gasteiger partial charge >= 0.3 is 17.1 Å². The molecule has 0 amide bonds. The van der Waals surface area contributed by atoms with Crippen molar-refractivity contribution in [2.24, 2.45) is 0 Å². The van der Waals surface area contributed by atoms with Crippen molar-refractivity contribution in [1.29, 1.82) is 31.6 Å². The average Bonchev–Trinajstić information content (AvgIpc) is 2.33. The van der Waals surface area contributed by atoms with Crippen LogP contribution < -0.4 is 0 Å². The Morgan fingerprint density at radius 3 is 0.357 bits per heavy atom. The van der Waals surface area contributed by atoms with Crippen molar-refractivity contribution in [2.75, 3.05) is 0 Å². The first kappa shape index (κ1) is 96.6. The zero-order valence-electron chi connectivity index (χ0n) is 6.45. The molecule has 0 saturated heterocycles. The maximum atomic E-state index is 6.25. The summed E-state index contributed by atoms with van der Waals surface area (Å²) in [4.78, 5) is 0. The van der Waals surface area contributed by atoms with Crippen LogP contribution in [0.1, 0.15) is 0 Å².